The lowest BCUT2D eigenvalue weighted by atomic mass is 10.3. The van der Waals surface area contributed by atoms with Crippen molar-refractivity contribution < 1.29 is 23.7 Å². The second-order valence-electron chi connectivity index (χ2n) is 4.64. The molecular weight excluding hydrogens is 302 g/mol. The number of methoxy groups -OCH3 is 2. The van der Waals surface area contributed by atoms with E-state index in [0.717, 1.165) is 0 Å². The van der Waals surface area contributed by atoms with Crippen LogP contribution in [0.3, 0.4) is 0 Å². The predicted molar refractivity (Wildman–Crippen MR) is 80.0 cm³/mol. The normalized spacial score (nSPS) is 10.3. The molecule has 0 aliphatic heterocycles. The van der Waals surface area contributed by atoms with Crippen LogP contribution >= 0.6 is 0 Å². The van der Waals surface area contributed by atoms with Crippen molar-refractivity contribution in [1.82, 2.24) is 15.0 Å². The van der Waals surface area contributed by atoms with Crippen molar-refractivity contribution in [3.8, 4) is 23.5 Å². The molecule has 0 saturated carbocycles. The van der Waals surface area contributed by atoms with Gasteiger partial charge in [0.1, 0.15) is 0 Å². The minimum atomic E-state index is -0.592. The van der Waals surface area contributed by atoms with Crippen LogP contribution in [0.2, 0.25) is 0 Å². The van der Waals surface area contributed by atoms with Gasteiger partial charge in [0.05, 0.1) is 26.4 Å². The fourth-order valence-corrected chi connectivity index (χ4v) is 1.63. The molecule has 0 atom stereocenters. The van der Waals surface area contributed by atoms with Gasteiger partial charge in [-0.05, 0) is 26.0 Å². The van der Waals surface area contributed by atoms with Gasteiger partial charge >= 0.3 is 12.0 Å². The van der Waals surface area contributed by atoms with Gasteiger partial charge in [-0.3, -0.25) is 0 Å². The fourth-order valence-electron chi connectivity index (χ4n) is 1.63. The number of hydrogen-bond acceptors (Lipinski definition) is 8. The number of pyridine rings is 1. The second-order valence-corrected chi connectivity index (χ2v) is 4.64. The Kier molecular flexibility index (Phi) is 5.29. The molecular formula is C15H17N3O5. The maximum Gasteiger partial charge on any atom is 0.361 e. The van der Waals surface area contributed by atoms with Crippen molar-refractivity contribution in [2.45, 2.75) is 20.0 Å². The number of esters is 1. The van der Waals surface area contributed by atoms with E-state index in [0.29, 0.717) is 0 Å². The lowest BCUT2D eigenvalue weighted by Gasteiger charge is -2.11. The standard InChI is InChI=1S/C15H17N3O5/c1-9(2)22-14(19)13-10(6-5-7-16-13)23-15-17-11(20-3)8-12(18-15)21-4/h5-9H,1-4H3. The van der Waals surface area contributed by atoms with Crippen LogP contribution in [0, 0.1) is 0 Å². The molecule has 2 heterocycles. The molecule has 122 valence electrons. The minimum Gasteiger partial charge on any atom is -0.481 e. The van der Waals surface area contributed by atoms with Crippen molar-refractivity contribution >= 4 is 5.97 Å². The zero-order chi connectivity index (χ0) is 16.8. The smallest absolute Gasteiger partial charge is 0.361 e. The van der Waals surface area contributed by atoms with Gasteiger partial charge in [0.2, 0.25) is 11.8 Å². The van der Waals surface area contributed by atoms with Gasteiger partial charge in [-0.2, -0.15) is 9.97 Å². The maximum atomic E-state index is 12.1. The van der Waals surface area contributed by atoms with Gasteiger partial charge in [0.15, 0.2) is 11.4 Å². The van der Waals surface area contributed by atoms with E-state index in [1.807, 2.05) is 0 Å². The third-order valence-corrected chi connectivity index (χ3v) is 2.58. The van der Waals surface area contributed by atoms with E-state index in [2.05, 4.69) is 15.0 Å². The highest BCUT2D eigenvalue weighted by Crippen LogP contribution is 2.25. The average Bonchev–Trinajstić information content (AvgIpc) is 2.54. The Morgan fingerprint density at radius 1 is 1.13 bits per heavy atom. The maximum absolute atomic E-state index is 12.1. The number of ether oxygens (including phenoxy) is 4. The number of carbonyl (C=O) groups is 1. The molecule has 0 aliphatic carbocycles. The quantitative estimate of drug-likeness (QED) is 0.748. The molecule has 0 aliphatic rings. The molecule has 0 N–H and O–H groups in total. The first-order valence-corrected chi connectivity index (χ1v) is 6.84. The number of rotatable bonds is 6. The van der Waals surface area contributed by atoms with E-state index >= 15 is 0 Å². The molecule has 8 heteroatoms. The fraction of sp³-hybridized carbons (Fsp3) is 0.333. The third kappa shape index (κ3) is 4.29. The number of aromatic nitrogens is 3. The first kappa shape index (κ1) is 16.5. The van der Waals surface area contributed by atoms with Gasteiger partial charge in [0.25, 0.3) is 0 Å². The van der Waals surface area contributed by atoms with E-state index in [1.165, 1.54) is 26.5 Å². The summed E-state index contributed by atoms with van der Waals surface area (Å²) in [5, 5.41) is 0. The average molecular weight is 319 g/mol. The van der Waals surface area contributed by atoms with Crippen LogP contribution in [0.15, 0.2) is 24.4 Å². The summed E-state index contributed by atoms with van der Waals surface area (Å²) in [7, 11) is 2.92. The second kappa shape index (κ2) is 7.39. The van der Waals surface area contributed by atoms with E-state index in [9.17, 15) is 4.79 Å². The largest absolute Gasteiger partial charge is 0.481 e. The molecule has 0 amide bonds. The molecule has 0 saturated heterocycles. The highest BCUT2D eigenvalue weighted by atomic mass is 16.5. The summed E-state index contributed by atoms with van der Waals surface area (Å²) in [5.41, 5.74) is 0.0339. The highest BCUT2D eigenvalue weighted by Gasteiger charge is 2.19. The number of hydrogen-bond donors (Lipinski definition) is 0. The third-order valence-electron chi connectivity index (χ3n) is 2.58. The Bertz CT molecular complexity index is 668. The molecule has 0 spiro atoms. The van der Waals surface area contributed by atoms with Gasteiger partial charge in [0, 0.05) is 6.20 Å². The van der Waals surface area contributed by atoms with E-state index in [4.69, 9.17) is 18.9 Å². The predicted octanol–water partition coefficient (Wildman–Crippen LogP) is 2.25. The van der Waals surface area contributed by atoms with E-state index in [-0.39, 0.29) is 35.3 Å². The van der Waals surface area contributed by atoms with Crippen molar-refractivity contribution in [2.75, 3.05) is 14.2 Å². The Morgan fingerprint density at radius 3 is 2.35 bits per heavy atom. The first-order valence-electron chi connectivity index (χ1n) is 6.84. The summed E-state index contributed by atoms with van der Waals surface area (Å²) < 4.78 is 20.8. The van der Waals surface area contributed by atoms with Crippen LogP contribution in [-0.4, -0.2) is 41.2 Å². The summed E-state index contributed by atoms with van der Waals surface area (Å²) in [6.07, 6.45) is 1.20. The van der Waals surface area contributed by atoms with Crippen LogP contribution < -0.4 is 14.2 Å². The molecule has 0 bridgehead atoms. The van der Waals surface area contributed by atoms with Gasteiger partial charge < -0.3 is 18.9 Å². The monoisotopic (exact) mass is 319 g/mol. The SMILES string of the molecule is COc1cc(OC)nc(Oc2cccnc2C(=O)OC(C)C)n1. The minimum absolute atomic E-state index is 0.0339. The van der Waals surface area contributed by atoms with Gasteiger partial charge in [-0.1, -0.05) is 0 Å². The van der Waals surface area contributed by atoms with Crippen LogP contribution in [0.5, 0.6) is 23.5 Å². The number of nitrogens with zero attached hydrogens (tertiary/aromatic N) is 3. The lowest BCUT2D eigenvalue weighted by Crippen LogP contribution is -2.14. The lowest BCUT2D eigenvalue weighted by molar-refractivity contribution is 0.0367. The molecule has 0 fully saturated rings. The van der Waals surface area contributed by atoms with E-state index in [1.54, 1.807) is 26.0 Å². The zero-order valence-corrected chi connectivity index (χ0v) is 13.3. The Morgan fingerprint density at radius 2 is 1.78 bits per heavy atom. The van der Waals surface area contributed by atoms with Crippen LogP contribution in [0.1, 0.15) is 24.3 Å². The first-order chi connectivity index (χ1) is 11.0. The molecule has 2 aromatic rings. The molecule has 8 nitrogen and oxygen atoms in total. The highest BCUT2D eigenvalue weighted by molar-refractivity contribution is 5.90. The van der Waals surface area contributed by atoms with Crippen LogP contribution in [-0.2, 0) is 4.74 Å². The van der Waals surface area contributed by atoms with Crippen molar-refractivity contribution in [2.24, 2.45) is 0 Å². The molecule has 2 aromatic heterocycles. The van der Waals surface area contributed by atoms with Crippen molar-refractivity contribution in [3.05, 3.63) is 30.1 Å². The van der Waals surface area contributed by atoms with Crippen LogP contribution in [0.4, 0.5) is 0 Å². The van der Waals surface area contributed by atoms with Gasteiger partial charge in [-0.25, -0.2) is 9.78 Å². The zero-order valence-electron chi connectivity index (χ0n) is 13.3. The summed E-state index contributed by atoms with van der Waals surface area (Å²) in [6.45, 7) is 3.49. The molecule has 0 radical (unpaired) electrons. The summed E-state index contributed by atoms with van der Waals surface area (Å²) >= 11 is 0. The number of carbonyl (C=O) groups excluding carboxylic acids is 1. The topological polar surface area (TPSA) is 92.7 Å². The summed E-state index contributed by atoms with van der Waals surface area (Å²) in [4.78, 5) is 24.1. The van der Waals surface area contributed by atoms with E-state index < -0.39 is 5.97 Å². The van der Waals surface area contributed by atoms with Gasteiger partial charge in [-0.15, -0.1) is 0 Å². The molecule has 2 rings (SSSR count). The van der Waals surface area contributed by atoms with Crippen LogP contribution in [0.25, 0.3) is 0 Å². The Hall–Kier alpha value is -2.90. The Labute approximate surface area is 133 Å². The Balaban J connectivity index is 2.32. The van der Waals surface area contributed by atoms with Crippen molar-refractivity contribution in [1.29, 1.82) is 0 Å². The summed E-state index contributed by atoms with van der Waals surface area (Å²) in [6, 6.07) is 4.66. The molecule has 23 heavy (non-hydrogen) atoms. The summed E-state index contributed by atoms with van der Waals surface area (Å²) in [5.74, 6) is 0.114. The molecule has 0 unspecified atom stereocenters. The molecule has 0 aromatic carbocycles. The van der Waals surface area contributed by atoms with Crippen molar-refractivity contribution in [3.63, 3.8) is 0 Å².